The molecule has 3 N–H and O–H groups in total. The molecule has 0 spiro atoms. The monoisotopic (exact) mass is 318 g/mol. The Hall–Kier alpha value is -2.90. The third-order valence-electron chi connectivity index (χ3n) is 2.92. The van der Waals surface area contributed by atoms with E-state index in [-0.39, 0.29) is 11.6 Å². The molecule has 0 radical (unpaired) electrons. The van der Waals surface area contributed by atoms with Crippen LogP contribution in [0.2, 0.25) is 0 Å². The number of carbonyl (C=O) groups is 3. The molecule has 0 bridgehead atoms. The van der Waals surface area contributed by atoms with Gasteiger partial charge in [-0.25, -0.2) is 9.59 Å². The lowest BCUT2D eigenvalue weighted by molar-refractivity contribution is -0.123. The van der Waals surface area contributed by atoms with Gasteiger partial charge in [0.25, 0.3) is 5.91 Å². The van der Waals surface area contributed by atoms with Gasteiger partial charge >= 0.3 is 12.0 Å². The van der Waals surface area contributed by atoms with Crippen molar-refractivity contribution in [2.45, 2.75) is 13.8 Å². The van der Waals surface area contributed by atoms with Crippen LogP contribution in [0.4, 0.5) is 4.79 Å². The number of ether oxygens (including phenoxy) is 1. The molecule has 0 fully saturated rings. The minimum Gasteiger partial charge on any atom is -0.451 e. The largest absolute Gasteiger partial charge is 0.451 e. The van der Waals surface area contributed by atoms with Crippen LogP contribution >= 0.6 is 0 Å². The Bertz CT molecular complexity index is 723. The van der Waals surface area contributed by atoms with Crippen molar-refractivity contribution >= 4 is 28.8 Å². The minimum atomic E-state index is -0.736. The molecule has 1 aromatic heterocycles. The van der Waals surface area contributed by atoms with Gasteiger partial charge in [-0.15, -0.1) is 0 Å². The molecule has 0 aliphatic carbocycles. The molecule has 0 saturated heterocycles. The third-order valence-corrected chi connectivity index (χ3v) is 2.92. The molecule has 0 saturated carbocycles. The van der Waals surface area contributed by atoms with Crippen LogP contribution < -0.4 is 10.6 Å². The predicted molar refractivity (Wildman–Crippen MR) is 82.8 cm³/mol. The summed E-state index contributed by atoms with van der Waals surface area (Å²) in [7, 11) is 0. The summed E-state index contributed by atoms with van der Waals surface area (Å²) in [6, 6.07) is 6.43. The van der Waals surface area contributed by atoms with Crippen molar-refractivity contribution in [3.63, 3.8) is 0 Å². The lowest BCUT2D eigenvalue weighted by atomic mass is 10.2. The highest BCUT2D eigenvalue weighted by Crippen LogP contribution is 2.15. The van der Waals surface area contributed by atoms with Crippen molar-refractivity contribution in [1.29, 1.82) is 0 Å². The molecule has 0 aliphatic heterocycles. The molecule has 1 heterocycles. The fourth-order valence-corrected chi connectivity index (χ4v) is 1.82. The molecule has 23 heavy (non-hydrogen) atoms. The second-order valence-electron chi connectivity index (χ2n) is 5.35. The first-order chi connectivity index (χ1) is 11.0. The zero-order valence-electron chi connectivity index (χ0n) is 12.9. The highest BCUT2D eigenvalue weighted by molar-refractivity contribution is 6.03. The smallest absolute Gasteiger partial charge is 0.359 e. The van der Waals surface area contributed by atoms with Crippen LogP contribution in [0.5, 0.6) is 0 Å². The van der Waals surface area contributed by atoms with Gasteiger partial charge in [-0.3, -0.25) is 15.2 Å². The van der Waals surface area contributed by atoms with E-state index in [1.807, 2.05) is 13.8 Å². The molecule has 0 unspecified atom stereocenters. The maximum absolute atomic E-state index is 11.9. The fourth-order valence-electron chi connectivity index (χ4n) is 1.82. The lowest BCUT2D eigenvalue weighted by Crippen LogP contribution is -2.42. The maximum Gasteiger partial charge on any atom is 0.359 e. The van der Waals surface area contributed by atoms with E-state index in [9.17, 15) is 14.4 Å². The Morgan fingerprint density at radius 3 is 2.74 bits per heavy atom. The Kier molecular flexibility index (Phi) is 5.29. The van der Waals surface area contributed by atoms with E-state index < -0.39 is 24.5 Å². The SMILES string of the molecule is CC(C)CNC(=O)NC(=O)COC(=O)c1n[nH]c2ccccc12. The first-order valence-corrected chi connectivity index (χ1v) is 7.15. The normalized spacial score (nSPS) is 10.6. The number of carbonyl (C=O) groups excluding carboxylic acids is 3. The van der Waals surface area contributed by atoms with E-state index >= 15 is 0 Å². The standard InChI is InChI=1S/C15H18N4O4/c1-9(2)7-16-15(22)17-12(20)8-23-14(21)13-10-5-3-4-6-11(10)18-19-13/h3-6,9H,7-8H2,1-2H3,(H,18,19)(H2,16,17,20,22). The van der Waals surface area contributed by atoms with Crippen molar-refractivity contribution in [3.05, 3.63) is 30.0 Å². The Labute approximate surface area is 132 Å². The highest BCUT2D eigenvalue weighted by Gasteiger charge is 2.17. The number of benzene rings is 1. The minimum absolute atomic E-state index is 0.0951. The number of rotatable bonds is 5. The number of para-hydroxylation sites is 1. The van der Waals surface area contributed by atoms with E-state index in [1.165, 1.54) is 0 Å². The van der Waals surface area contributed by atoms with Gasteiger partial charge in [-0.1, -0.05) is 32.0 Å². The molecule has 0 aliphatic rings. The maximum atomic E-state index is 11.9. The van der Waals surface area contributed by atoms with Gasteiger partial charge in [0.1, 0.15) is 0 Å². The first-order valence-electron chi connectivity index (χ1n) is 7.15. The average Bonchev–Trinajstić information content (AvgIpc) is 2.94. The molecule has 0 atom stereocenters. The van der Waals surface area contributed by atoms with Crippen molar-refractivity contribution < 1.29 is 19.1 Å². The number of fused-ring (bicyclic) bond motifs is 1. The van der Waals surface area contributed by atoms with Crippen LogP contribution in [-0.4, -0.2) is 41.3 Å². The number of H-pyrrole nitrogens is 1. The van der Waals surface area contributed by atoms with Crippen LogP contribution in [-0.2, 0) is 9.53 Å². The van der Waals surface area contributed by atoms with E-state index in [4.69, 9.17) is 4.74 Å². The fraction of sp³-hybridized carbons (Fsp3) is 0.333. The zero-order chi connectivity index (χ0) is 16.8. The topological polar surface area (TPSA) is 113 Å². The number of aromatic nitrogens is 2. The second kappa shape index (κ2) is 7.39. The number of imide groups is 1. The Morgan fingerprint density at radius 1 is 1.26 bits per heavy atom. The van der Waals surface area contributed by atoms with Crippen molar-refractivity contribution in [1.82, 2.24) is 20.8 Å². The molecule has 2 aromatic rings. The van der Waals surface area contributed by atoms with Crippen molar-refractivity contribution in [3.8, 4) is 0 Å². The average molecular weight is 318 g/mol. The number of hydrogen-bond donors (Lipinski definition) is 3. The van der Waals surface area contributed by atoms with Gasteiger partial charge in [0, 0.05) is 11.9 Å². The van der Waals surface area contributed by atoms with Crippen molar-refractivity contribution in [2.75, 3.05) is 13.2 Å². The van der Waals surface area contributed by atoms with Gasteiger partial charge in [-0.05, 0) is 12.0 Å². The number of nitrogens with zero attached hydrogens (tertiary/aromatic N) is 1. The van der Waals surface area contributed by atoms with Gasteiger partial charge in [0.05, 0.1) is 5.52 Å². The first kappa shape index (κ1) is 16.5. The molecule has 2 rings (SSSR count). The second-order valence-corrected chi connectivity index (χ2v) is 5.35. The van der Waals surface area contributed by atoms with Gasteiger partial charge in [0.2, 0.25) is 0 Å². The van der Waals surface area contributed by atoms with Gasteiger partial charge < -0.3 is 10.1 Å². The summed E-state index contributed by atoms with van der Waals surface area (Å²) < 4.78 is 4.87. The molecule has 122 valence electrons. The molecule has 1 aromatic carbocycles. The van der Waals surface area contributed by atoms with Crippen LogP contribution in [0.1, 0.15) is 24.3 Å². The highest BCUT2D eigenvalue weighted by atomic mass is 16.5. The van der Waals surface area contributed by atoms with Crippen LogP contribution in [0.3, 0.4) is 0 Å². The van der Waals surface area contributed by atoms with Crippen molar-refractivity contribution in [2.24, 2.45) is 5.92 Å². The van der Waals surface area contributed by atoms with Gasteiger partial charge in [-0.2, -0.15) is 5.10 Å². The molecule has 8 heteroatoms. The number of hydrogen-bond acceptors (Lipinski definition) is 5. The van der Waals surface area contributed by atoms with E-state index in [0.717, 1.165) is 0 Å². The quantitative estimate of drug-likeness (QED) is 0.717. The summed E-state index contributed by atoms with van der Waals surface area (Å²) >= 11 is 0. The predicted octanol–water partition coefficient (Wildman–Crippen LogP) is 1.20. The molecular formula is C15H18N4O4. The summed E-state index contributed by atoms with van der Waals surface area (Å²) in [5.41, 5.74) is 0.787. The number of esters is 1. The Morgan fingerprint density at radius 2 is 2.00 bits per heavy atom. The van der Waals surface area contributed by atoms with Crippen LogP contribution in [0.15, 0.2) is 24.3 Å². The summed E-state index contributed by atoms with van der Waals surface area (Å²) in [6.07, 6.45) is 0. The number of aromatic amines is 1. The summed E-state index contributed by atoms with van der Waals surface area (Å²) in [4.78, 5) is 34.9. The summed E-state index contributed by atoms with van der Waals surface area (Å²) in [6.45, 7) is 3.74. The van der Waals surface area contributed by atoms with Crippen LogP contribution in [0, 0.1) is 5.92 Å². The summed E-state index contributed by atoms with van der Waals surface area (Å²) in [5.74, 6) is -1.18. The number of amides is 3. The molecule has 3 amide bonds. The molecular weight excluding hydrogens is 300 g/mol. The van der Waals surface area contributed by atoms with E-state index in [0.29, 0.717) is 17.4 Å². The molecule has 8 nitrogen and oxygen atoms in total. The summed E-state index contributed by atoms with van der Waals surface area (Å²) in [5, 5.41) is 11.8. The lowest BCUT2D eigenvalue weighted by Gasteiger charge is -2.08. The number of nitrogens with one attached hydrogen (secondary N) is 3. The van der Waals surface area contributed by atoms with E-state index in [2.05, 4.69) is 20.8 Å². The van der Waals surface area contributed by atoms with Crippen LogP contribution in [0.25, 0.3) is 10.9 Å². The third kappa shape index (κ3) is 4.53. The number of urea groups is 1. The van der Waals surface area contributed by atoms with E-state index in [1.54, 1.807) is 24.3 Å². The zero-order valence-corrected chi connectivity index (χ0v) is 12.9. The Balaban J connectivity index is 1.84. The van der Waals surface area contributed by atoms with Gasteiger partial charge in [0.15, 0.2) is 12.3 Å².